The summed E-state index contributed by atoms with van der Waals surface area (Å²) >= 11 is 1.38. The van der Waals surface area contributed by atoms with Gasteiger partial charge < -0.3 is 4.57 Å². The minimum absolute atomic E-state index is 0.401. The minimum atomic E-state index is -3.62. The molecule has 0 fully saturated rings. The van der Waals surface area contributed by atoms with Crippen molar-refractivity contribution in [2.75, 3.05) is 0 Å². The van der Waals surface area contributed by atoms with Crippen LogP contribution < -0.4 is 4.72 Å². The van der Waals surface area contributed by atoms with E-state index in [0.29, 0.717) is 10.1 Å². The molecule has 1 aromatic carbocycles. The molecule has 3 aromatic rings. The number of benzene rings is 1. The summed E-state index contributed by atoms with van der Waals surface area (Å²) in [6, 6.07) is 8.29. The average Bonchev–Trinajstić information content (AvgIpc) is 3.22. The zero-order valence-corrected chi connectivity index (χ0v) is 20.2. The first kappa shape index (κ1) is 22.7. The maximum Gasteiger partial charge on any atom is 0.251 e. The Hall–Kier alpha value is -1.96. The van der Waals surface area contributed by atoms with Crippen molar-refractivity contribution in [3.63, 3.8) is 0 Å². The van der Waals surface area contributed by atoms with Gasteiger partial charge in [0.05, 0.1) is 6.33 Å². The number of hydrogen-bond donors (Lipinski definition) is 1. The Bertz CT molecular complexity index is 1110. The summed E-state index contributed by atoms with van der Waals surface area (Å²) in [5, 5.41) is 0. The number of hydrogen-bond acceptors (Lipinski definition) is 4. The molecule has 2 aromatic heterocycles. The first-order chi connectivity index (χ1) is 13.9. The molecule has 0 aliphatic carbocycles. The van der Waals surface area contributed by atoms with Crippen LogP contribution in [0.1, 0.15) is 50.6 Å². The second kappa shape index (κ2) is 8.65. The second-order valence-electron chi connectivity index (χ2n) is 9.25. The van der Waals surface area contributed by atoms with Gasteiger partial charge in [-0.15, -0.1) is 11.3 Å². The number of nitrogens with zero attached hydrogens (tertiary/aromatic N) is 2. The van der Waals surface area contributed by atoms with E-state index in [-0.39, 0.29) is 0 Å². The standard InChI is InChI=1S/C23H31N3O2S2/c1-16(2)11-19-13-21(22(29-19)30(27,28)25-23(4,5)6)20-8-7-18(12-17(20)3)14-26-10-9-24-15-26/h7-10,12-13,15-16,25H,11,14H2,1-6H3. The average molecular weight is 446 g/mol. The molecule has 0 radical (unpaired) electrons. The van der Waals surface area contributed by atoms with Crippen molar-refractivity contribution in [2.45, 2.75) is 64.3 Å². The summed E-state index contributed by atoms with van der Waals surface area (Å²) in [7, 11) is -3.62. The molecule has 30 heavy (non-hydrogen) atoms. The van der Waals surface area contributed by atoms with Gasteiger partial charge >= 0.3 is 0 Å². The van der Waals surface area contributed by atoms with Crippen LogP contribution in [0.4, 0.5) is 0 Å². The molecule has 0 aliphatic rings. The fourth-order valence-electron chi connectivity index (χ4n) is 3.48. The van der Waals surface area contributed by atoms with Crippen LogP contribution in [0.5, 0.6) is 0 Å². The molecule has 3 rings (SSSR count). The second-order valence-corrected chi connectivity index (χ2v) is 12.3. The Labute approximate surface area is 184 Å². The third-order valence-electron chi connectivity index (χ3n) is 4.55. The van der Waals surface area contributed by atoms with E-state index in [1.165, 1.54) is 11.3 Å². The number of rotatable bonds is 7. The summed E-state index contributed by atoms with van der Waals surface area (Å²) < 4.78 is 31.7. The Morgan fingerprint density at radius 2 is 1.90 bits per heavy atom. The molecular weight excluding hydrogens is 414 g/mol. The lowest BCUT2D eigenvalue weighted by Gasteiger charge is -2.20. The molecule has 0 aliphatic heterocycles. The molecule has 1 N–H and O–H groups in total. The molecule has 162 valence electrons. The minimum Gasteiger partial charge on any atom is -0.333 e. The molecule has 0 spiro atoms. The Balaban J connectivity index is 2.04. The summed E-state index contributed by atoms with van der Waals surface area (Å²) in [4.78, 5) is 5.18. The van der Waals surface area contributed by atoms with Crippen molar-refractivity contribution in [3.8, 4) is 11.1 Å². The van der Waals surface area contributed by atoms with E-state index in [2.05, 4.69) is 41.8 Å². The highest BCUT2D eigenvalue weighted by Crippen LogP contribution is 2.38. The maximum atomic E-state index is 13.2. The molecule has 0 bridgehead atoms. The first-order valence-electron chi connectivity index (χ1n) is 10.2. The SMILES string of the molecule is Cc1cc(Cn2ccnc2)ccc1-c1cc(CC(C)C)sc1S(=O)(=O)NC(C)(C)C. The van der Waals surface area contributed by atoms with Crippen molar-refractivity contribution < 1.29 is 8.42 Å². The molecule has 0 saturated carbocycles. The van der Waals surface area contributed by atoms with E-state index in [1.54, 1.807) is 12.5 Å². The maximum absolute atomic E-state index is 13.2. The van der Waals surface area contributed by atoms with Gasteiger partial charge in [-0.2, -0.15) is 0 Å². The lowest BCUT2D eigenvalue weighted by atomic mass is 9.99. The molecular formula is C23H31N3O2S2. The molecule has 7 heteroatoms. The lowest BCUT2D eigenvalue weighted by molar-refractivity contribution is 0.493. The molecule has 5 nitrogen and oxygen atoms in total. The monoisotopic (exact) mass is 445 g/mol. The lowest BCUT2D eigenvalue weighted by Crippen LogP contribution is -2.40. The number of imidazole rings is 1. The topological polar surface area (TPSA) is 64.0 Å². The highest BCUT2D eigenvalue weighted by Gasteiger charge is 2.28. The van der Waals surface area contributed by atoms with Gasteiger partial charge in [0.15, 0.2) is 0 Å². The Kier molecular flexibility index (Phi) is 6.55. The van der Waals surface area contributed by atoms with Gasteiger partial charge in [-0.25, -0.2) is 18.1 Å². The van der Waals surface area contributed by atoms with Gasteiger partial charge in [0.1, 0.15) is 4.21 Å². The van der Waals surface area contributed by atoms with Crippen molar-refractivity contribution >= 4 is 21.4 Å². The Morgan fingerprint density at radius 1 is 1.17 bits per heavy atom. The molecule has 0 unspecified atom stereocenters. The first-order valence-corrected chi connectivity index (χ1v) is 12.5. The van der Waals surface area contributed by atoms with Crippen LogP contribution in [-0.4, -0.2) is 23.5 Å². The highest BCUT2D eigenvalue weighted by atomic mass is 32.2. The Morgan fingerprint density at radius 3 is 2.47 bits per heavy atom. The molecule has 0 saturated heterocycles. The van der Waals surface area contributed by atoms with E-state index in [0.717, 1.165) is 40.1 Å². The number of thiophene rings is 1. The van der Waals surface area contributed by atoms with Gasteiger partial charge in [0.25, 0.3) is 10.0 Å². The van der Waals surface area contributed by atoms with Gasteiger partial charge in [-0.05, 0) is 62.8 Å². The molecule has 2 heterocycles. The van der Waals surface area contributed by atoms with Crippen LogP contribution in [0, 0.1) is 12.8 Å². The van der Waals surface area contributed by atoms with E-state index in [1.807, 2.05) is 44.5 Å². The van der Waals surface area contributed by atoms with Gasteiger partial charge in [0.2, 0.25) is 0 Å². The molecule has 0 atom stereocenters. The summed E-state index contributed by atoms with van der Waals surface area (Å²) in [6.45, 7) is 12.7. The fourth-order valence-corrected chi connectivity index (χ4v) is 6.83. The smallest absolute Gasteiger partial charge is 0.251 e. The number of sulfonamides is 1. The van der Waals surface area contributed by atoms with Crippen LogP contribution in [-0.2, 0) is 23.0 Å². The van der Waals surface area contributed by atoms with Crippen LogP contribution in [0.15, 0.2) is 47.2 Å². The predicted molar refractivity (Wildman–Crippen MR) is 124 cm³/mol. The van der Waals surface area contributed by atoms with Gasteiger partial charge in [-0.3, -0.25) is 0 Å². The zero-order chi connectivity index (χ0) is 22.1. The third-order valence-corrected chi connectivity index (χ3v) is 8.00. The quantitative estimate of drug-likeness (QED) is 0.541. The fraction of sp³-hybridized carbons (Fsp3) is 0.435. The predicted octanol–water partition coefficient (Wildman–Crippen LogP) is 5.24. The number of aryl methyl sites for hydroxylation is 1. The van der Waals surface area contributed by atoms with Crippen molar-refractivity contribution in [3.05, 3.63) is 59.0 Å². The van der Waals surface area contributed by atoms with Crippen LogP contribution in [0.25, 0.3) is 11.1 Å². The molecule has 0 amide bonds. The van der Waals surface area contributed by atoms with Crippen molar-refractivity contribution in [2.24, 2.45) is 5.92 Å². The highest BCUT2D eigenvalue weighted by molar-refractivity contribution is 7.91. The van der Waals surface area contributed by atoms with E-state index >= 15 is 0 Å². The van der Waals surface area contributed by atoms with Crippen LogP contribution in [0.3, 0.4) is 0 Å². The van der Waals surface area contributed by atoms with Crippen molar-refractivity contribution in [1.29, 1.82) is 0 Å². The van der Waals surface area contributed by atoms with Gasteiger partial charge in [-0.1, -0.05) is 32.0 Å². The van der Waals surface area contributed by atoms with E-state index < -0.39 is 15.6 Å². The largest absolute Gasteiger partial charge is 0.333 e. The van der Waals surface area contributed by atoms with E-state index in [4.69, 9.17) is 0 Å². The number of aromatic nitrogens is 2. The summed E-state index contributed by atoms with van der Waals surface area (Å²) in [6.07, 6.45) is 6.36. The third kappa shape index (κ3) is 5.59. The number of nitrogens with one attached hydrogen (secondary N) is 1. The van der Waals surface area contributed by atoms with Crippen LogP contribution >= 0.6 is 11.3 Å². The summed E-state index contributed by atoms with van der Waals surface area (Å²) in [5.41, 5.74) is 3.43. The van der Waals surface area contributed by atoms with E-state index in [9.17, 15) is 8.42 Å². The zero-order valence-electron chi connectivity index (χ0n) is 18.6. The normalized spacial score (nSPS) is 12.6. The van der Waals surface area contributed by atoms with Crippen LogP contribution in [0.2, 0.25) is 0 Å². The summed E-state index contributed by atoms with van der Waals surface area (Å²) in [5.74, 6) is 0.460. The van der Waals surface area contributed by atoms with Crippen molar-refractivity contribution in [1.82, 2.24) is 14.3 Å². The van der Waals surface area contributed by atoms with Gasteiger partial charge in [0, 0.05) is 34.9 Å².